The minimum atomic E-state index is -3.81. The predicted molar refractivity (Wildman–Crippen MR) is 94.5 cm³/mol. The maximum absolute atomic E-state index is 11.6. The number of nitrogens with one attached hydrogen (secondary N) is 1. The van der Waals surface area contributed by atoms with Crippen LogP contribution in [0, 0.1) is 0 Å². The van der Waals surface area contributed by atoms with Crippen LogP contribution in [0.1, 0.15) is 0 Å². The summed E-state index contributed by atoms with van der Waals surface area (Å²) < 4.78 is 26.3. The van der Waals surface area contributed by atoms with E-state index < -0.39 is 10.0 Å². The highest BCUT2D eigenvalue weighted by Crippen LogP contribution is 2.20. The molecule has 0 fully saturated rings. The first kappa shape index (κ1) is 16.2. The number of fused-ring (bicyclic) bond motifs is 1. The van der Waals surface area contributed by atoms with Crippen LogP contribution in [0.25, 0.3) is 16.7 Å². The number of hydrogen-bond donors (Lipinski definition) is 2. The zero-order chi connectivity index (χ0) is 18.3. The number of benzene rings is 1. The second-order valence-corrected chi connectivity index (χ2v) is 7.16. The summed E-state index contributed by atoms with van der Waals surface area (Å²) >= 11 is 0. The minimum absolute atomic E-state index is 0.00131. The Morgan fingerprint density at radius 1 is 1.15 bits per heavy atom. The highest BCUT2D eigenvalue weighted by molar-refractivity contribution is 7.89. The van der Waals surface area contributed by atoms with E-state index in [0.717, 1.165) is 5.69 Å². The summed E-state index contributed by atoms with van der Waals surface area (Å²) in [4.78, 5) is 8.72. The molecule has 0 saturated carbocycles. The largest absolute Gasteiger partial charge is 0.321 e. The summed E-state index contributed by atoms with van der Waals surface area (Å²) in [5, 5.41) is 17.3. The Labute approximate surface area is 148 Å². The molecule has 0 spiro atoms. The normalized spacial score (nSPS) is 11.8. The van der Waals surface area contributed by atoms with Crippen molar-refractivity contribution in [3.05, 3.63) is 49.1 Å². The molecule has 0 aliphatic rings. The molecule has 3 aromatic heterocycles. The number of rotatable bonds is 4. The summed E-state index contributed by atoms with van der Waals surface area (Å²) in [6, 6.07) is 6.18. The van der Waals surface area contributed by atoms with E-state index in [1.54, 1.807) is 41.6 Å². The van der Waals surface area contributed by atoms with E-state index in [1.165, 1.54) is 16.8 Å². The van der Waals surface area contributed by atoms with Crippen LogP contribution in [-0.4, -0.2) is 37.9 Å². The smallest absolute Gasteiger partial charge is 0.238 e. The fourth-order valence-corrected chi connectivity index (χ4v) is 3.03. The van der Waals surface area contributed by atoms with Crippen molar-refractivity contribution in [3.8, 4) is 5.69 Å². The molecule has 3 heterocycles. The maximum Gasteiger partial charge on any atom is 0.238 e. The molecule has 10 nitrogen and oxygen atoms in total. The van der Waals surface area contributed by atoms with Gasteiger partial charge in [0.25, 0.3) is 0 Å². The molecule has 11 heteroatoms. The molecular weight excluding hydrogens is 356 g/mol. The number of nitrogens with two attached hydrogens (primary N) is 1. The third-order valence-corrected chi connectivity index (χ3v) is 4.57. The molecule has 0 saturated heterocycles. The Morgan fingerprint density at radius 2 is 2.00 bits per heavy atom. The van der Waals surface area contributed by atoms with Crippen LogP contribution in [-0.2, 0) is 17.1 Å². The third-order valence-electron chi connectivity index (χ3n) is 3.66. The molecular formula is C15H14N8O2S. The molecule has 0 unspecified atom stereocenters. The molecule has 4 aromatic rings. The number of primary sulfonamides is 1. The maximum atomic E-state index is 11.6. The van der Waals surface area contributed by atoms with Crippen LogP contribution in [0.3, 0.4) is 0 Å². The second kappa shape index (κ2) is 5.89. The van der Waals surface area contributed by atoms with E-state index in [4.69, 9.17) is 5.14 Å². The lowest BCUT2D eigenvalue weighted by atomic mass is 10.3. The van der Waals surface area contributed by atoms with Gasteiger partial charge < -0.3 is 5.32 Å². The molecule has 0 aliphatic heterocycles. The topological polar surface area (TPSA) is 134 Å². The lowest BCUT2D eigenvalue weighted by Crippen LogP contribution is -2.12. The average molecular weight is 370 g/mol. The number of anilines is 2. The standard InChI is InChI=1S/C15H14N8O2S/c1-22-9-11(8-18-22)20-15-17-6-10-7-19-23(14(10)21-15)12-3-2-4-13(5-12)26(16,24)25/h2-9H,1H3,(H2,16,24,25)(H,17,20,21). The Hall–Kier alpha value is -3.31. The van der Waals surface area contributed by atoms with Gasteiger partial charge in [0, 0.05) is 19.4 Å². The summed E-state index contributed by atoms with van der Waals surface area (Å²) in [7, 11) is -2.00. The van der Waals surface area contributed by atoms with Crippen molar-refractivity contribution in [2.75, 3.05) is 5.32 Å². The fraction of sp³-hybridized carbons (Fsp3) is 0.0667. The highest BCUT2D eigenvalue weighted by atomic mass is 32.2. The van der Waals surface area contributed by atoms with Gasteiger partial charge in [0.1, 0.15) is 0 Å². The molecule has 0 amide bonds. The average Bonchev–Trinajstić information content (AvgIpc) is 3.20. The first-order valence-corrected chi connectivity index (χ1v) is 9.04. The van der Waals surface area contributed by atoms with Gasteiger partial charge in [0.15, 0.2) is 5.65 Å². The molecule has 0 bridgehead atoms. The fourth-order valence-electron chi connectivity index (χ4n) is 2.47. The number of aromatic nitrogens is 6. The van der Waals surface area contributed by atoms with Gasteiger partial charge in [-0.15, -0.1) is 0 Å². The number of hydrogen-bond acceptors (Lipinski definition) is 7. The minimum Gasteiger partial charge on any atom is -0.321 e. The zero-order valence-electron chi connectivity index (χ0n) is 13.6. The van der Waals surface area contributed by atoms with E-state index in [1.807, 2.05) is 7.05 Å². The van der Waals surface area contributed by atoms with E-state index in [2.05, 4.69) is 25.5 Å². The van der Waals surface area contributed by atoms with Gasteiger partial charge in [0.2, 0.25) is 16.0 Å². The monoisotopic (exact) mass is 370 g/mol. The van der Waals surface area contributed by atoms with Crippen LogP contribution < -0.4 is 10.5 Å². The van der Waals surface area contributed by atoms with Gasteiger partial charge in [-0.1, -0.05) is 6.07 Å². The van der Waals surface area contributed by atoms with E-state index in [0.29, 0.717) is 22.7 Å². The van der Waals surface area contributed by atoms with Crippen LogP contribution >= 0.6 is 0 Å². The first-order chi connectivity index (χ1) is 12.4. The Kier molecular flexibility index (Phi) is 3.67. The zero-order valence-corrected chi connectivity index (χ0v) is 14.4. The molecule has 0 aliphatic carbocycles. The Balaban J connectivity index is 1.78. The molecule has 0 atom stereocenters. The van der Waals surface area contributed by atoms with Gasteiger partial charge in [-0.05, 0) is 18.2 Å². The predicted octanol–water partition coefficient (Wildman–Crippen LogP) is 0.940. The molecule has 3 N–H and O–H groups in total. The molecule has 1 aromatic carbocycles. The van der Waals surface area contributed by atoms with Crippen molar-refractivity contribution in [2.45, 2.75) is 4.90 Å². The van der Waals surface area contributed by atoms with E-state index in [-0.39, 0.29) is 4.90 Å². The summed E-state index contributed by atoms with van der Waals surface area (Å²) in [6.07, 6.45) is 6.68. The number of sulfonamides is 1. The molecule has 26 heavy (non-hydrogen) atoms. The van der Waals surface area contributed by atoms with Crippen molar-refractivity contribution in [1.82, 2.24) is 29.5 Å². The second-order valence-electron chi connectivity index (χ2n) is 5.60. The highest BCUT2D eigenvalue weighted by Gasteiger charge is 2.13. The van der Waals surface area contributed by atoms with Crippen molar-refractivity contribution in [2.24, 2.45) is 12.2 Å². The van der Waals surface area contributed by atoms with Crippen LogP contribution in [0.5, 0.6) is 0 Å². The number of nitrogens with zero attached hydrogens (tertiary/aromatic N) is 6. The SMILES string of the molecule is Cn1cc(Nc2ncc3cnn(-c4cccc(S(N)(=O)=O)c4)c3n2)cn1. The van der Waals surface area contributed by atoms with Gasteiger partial charge in [0.05, 0.1) is 34.1 Å². The van der Waals surface area contributed by atoms with Crippen LogP contribution in [0.4, 0.5) is 11.6 Å². The van der Waals surface area contributed by atoms with E-state index >= 15 is 0 Å². The summed E-state index contributed by atoms with van der Waals surface area (Å²) in [5.41, 5.74) is 1.80. The van der Waals surface area contributed by atoms with Crippen molar-refractivity contribution in [3.63, 3.8) is 0 Å². The van der Waals surface area contributed by atoms with Crippen LogP contribution in [0.2, 0.25) is 0 Å². The first-order valence-electron chi connectivity index (χ1n) is 7.50. The van der Waals surface area contributed by atoms with Gasteiger partial charge in [-0.3, -0.25) is 4.68 Å². The van der Waals surface area contributed by atoms with Gasteiger partial charge in [-0.2, -0.15) is 15.2 Å². The molecule has 0 radical (unpaired) electrons. The summed E-state index contributed by atoms with van der Waals surface area (Å²) in [5.74, 6) is 0.370. The quantitative estimate of drug-likeness (QED) is 0.546. The lowest BCUT2D eigenvalue weighted by Gasteiger charge is -2.06. The summed E-state index contributed by atoms with van der Waals surface area (Å²) in [6.45, 7) is 0. The van der Waals surface area contributed by atoms with Crippen molar-refractivity contribution < 1.29 is 8.42 Å². The van der Waals surface area contributed by atoms with Crippen molar-refractivity contribution >= 4 is 32.7 Å². The van der Waals surface area contributed by atoms with Gasteiger partial charge in [-0.25, -0.2) is 23.2 Å². The Bertz CT molecular complexity index is 1210. The van der Waals surface area contributed by atoms with Gasteiger partial charge >= 0.3 is 0 Å². The lowest BCUT2D eigenvalue weighted by molar-refractivity contribution is 0.597. The molecule has 132 valence electrons. The molecule has 4 rings (SSSR count). The third kappa shape index (κ3) is 3.00. The Morgan fingerprint density at radius 3 is 2.73 bits per heavy atom. The van der Waals surface area contributed by atoms with E-state index in [9.17, 15) is 8.42 Å². The number of aryl methyl sites for hydroxylation is 1. The van der Waals surface area contributed by atoms with Crippen LogP contribution in [0.15, 0.2) is 53.9 Å². The van der Waals surface area contributed by atoms with Crippen molar-refractivity contribution in [1.29, 1.82) is 0 Å².